The molecular formula is C23H24N4O. The molecule has 2 heterocycles. The first kappa shape index (κ1) is 18.2. The molecule has 0 bridgehead atoms. The van der Waals surface area contributed by atoms with Crippen LogP contribution >= 0.6 is 0 Å². The lowest BCUT2D eigenvalue weighted by Gasteiger charge is -2.35. The minimum atomic E-state index is 0.110. The molecule has 1 aromatic heterocycles. The highest BCUT2D eigenvalue weighted by Gasteiger charge is 2.23. The first-order valence-electron chi connectivity index (χ1n) is 9.60. The van der Waals surface area contributed by atoms with Crippen molar-refractivity contribution in [2.24, 2.45) is 0 Å². The van der Waals surface area contributed by atoms with Crippen LogP contribution in [-0.2, 0) is 0 Å². The lowest BCUT2D eigenvalue weighted by atomic mass is 10.1. The molecule has 0 N–H and O–H groups in total. The van der Waals surface area contributed by atoms with E-state index in [2.05, 4.69) is 20.9 Å². The van der Waals surface area contributed by atoms with Gasteiger partial charge >= 0.3 is 0 Å². The van der Waals surface area contributed by atoms with Crippen LogP contribution in [0.5, 0.6) is 0 Å². The van der Waals surface area contributed by atoms with Crippen molar-refractivity contribution in [1.29, 1.82) is 0 Å². The summed E-state index contributed by atoms with van der Waals surface area (Å²) in [7, 11) is 0. The lowest BCUT2D eigenvalue weighted by molar-refractivity contribution is 0.0746. The van der Waals surface area contributed by atoms with Crippen LogP contribution in [0.1, 0.15) is 21.5 Å². The van der Waals surface area contributed by atoms with Gasteiger partial charge in [0.1, 0.15) is 12.1 Å². The second kappa shape index (κ2) is 7.80. The van der Waals surface area contributed by atoms with Gasteiger partial charge in [0.15, 0.2) is 0 Å². The Kier molecular flexibility index (Phi) is 5.06. The largest absolute Gasteiger partial charge is 0.353 e. The molecule has 1 fully saturated rings. The molecule has 28 heavy (non-hydrogen) atoms. The molecule has 1 aliphatic rings. The topological polar surface area (TPSA) is 49.3 Å². The minimum absolute atomic E-state index is 0.110. The Hall–Kier alpha value is -3.21. The molecule has 0 radical (unpaired) electrons. The van der Waals surface area contributed by atoms with Crippen molar-refractivity contribution in [3.8, 4) is 11.3 Å². The second-order valence-electron chi connectivity index (χ2n) is 7.28. The van der Waals surface area contributed by atoms with Crippen LogP contribution in [0.25, 0.3) is 11.3 Å². The molecule has 0 atom stereocenters. The maximum Gasteiger partial charge on any atom is 0.253 e. The molecule has 5 heteroatoms. The highest BCUT2D eigenvalue weighted by atomic mass is 16.2. The summed E-state index contributed by atoms with van der Waals surface area (Å²) in [4.78, 5) is 25.9. The molecule has 0 spiro atoms. The molecule has 142 valence electrons. The third kappa shape index (κ3) is 3.88. The number of nitrogens with zero attached hydrogens (tertiary/aromatic N) is 4. The first-order chi connectivity index (χ1) is 13.6. The van der Waals surface area contributed by atoms with Gasteiger partial charge in [-0.25, -0.2) is 9.97 Å². The van der Waals surface area contributed by atoms with Crippen LogP contribution in [0, 0.1) is 13.8 Å². The number of hydrogen-bond donors (Lipinski definition) is 0. The van der Waals surface area contributed by atoms with E-state index in [1.54, 1.807) is 6.33 Å². The van der Waals surface area contributed by atoms with E-state index >= 15 is 0 Å². The summed E-state index contributed by atoms with van der Waals surface area (Å²) in [6.07, 6.45) is 1.62. The summed E-state index contributed by atoms with van der Waals surface area (Å²) in [6, 6.07) is 18.2. The zero-order valence-electron chi connectivity index (χ0n) is 16.3. The lowest BCUT2D eigenvalue weighted by Crippen LogP contribution is -2.49. The molecular weight excluding hydrogens is 348 g/mol. The average Bonchev–Trinajstić information content (AvgIpc) is 2.73. The second-order valence-corrected chi connectivity index (χ2v) is 7.28. The van der Waals surface area contributed by atoms with Gasteiger partial charge in [-0.3, -0.25) is 4.79 Å². The molecule has 3 aromatic rings. The highest BCUT2D eigenvalue weighted by Crippen LogP contribution is 2.22. The molecule has 1 aliphatic heterocycles. The van der Waals surface area contributed by atoms with E-state index in [0.717, 1.165) is 46.9 Å². The van der Waals surface area contributed by atoms with Gasteiger partial charge in [0, 0.05) is 43.4 Å². The Morgan fingerprint density at radius 1 is 0.857 bits per heavy atom. The Morgan fingerprint density at radius 2 is 1.54 bits per heavy atom. The fourth-order valence-corrected chi connectivity index (χ4v) is 3.71. The molecule has 2 aromatic carbocycles. The molecule has 5 nitrogen and oxygen atoms in total. The first-order valence-corrected chi connectivity index (χ1v) is 9.60. The Bertz CT molecular complexity index is 959. The van der Waals surface area contributed by atoms with Gasteiger partial charge in [-0.1, -0.05) is 47.5 Å². The van der Waals surface area contributed by atoms with Crippen LogP contribution in [0.2, 0.25) is 0 Å². The highest BCUT2D eigenvalue weighted by molar-refractivity contribution is 5.94. The van der Waals surface area contributed by atoms with Crippen molar-refractivity contribution in [2.75, 3.05) is 31.1 Å². The fraction of sp³-hybridized carbons (Fsp3) is 0.261. The number of carbonyl (C=O) groups excluding carboxylic acids is 1. The summed E-state index contributed by atoms with van der Waals surface area (Å²) < 4.78 is 0. The van der Waals surface area contributed by atoms with Crippen LogP contribution in [0.15, 0.2) is 60.9 Å². The van der Waals surface area contributed by atoms with Crippen molar-refractivity contribution < 1.29 is 4.79 Å². The summed E-state index contributed by atoms with van der Waals surface area (Å²) in [6.45, 7) is 6.97. The van der Waals surface area contributed by atoms with Gasteiger partial charge in [0.05, 0.1) is 5.69 Å². The van der Waals surface area contributed by atoms with Gasteiger partial charge in [0.2, 0.25) is 0 Å². The molecule has 1 amide bonds. The number of aromatic nitrogens is 2. The minimum Gasteiger partial charge on any atom is -0.353 e. The number of aryl methyl sites for hydroxylation is 2. The number of piperazine rings is 1. The van der Waals surface area contributed by atoms with Crippen molar-refractivity contribution in [2.45, 2.75) is 13.8 Å². The maximum absolute atomic E-state index is 12.9. The van der Waals surface area contributed by atoms with Gasteiger partial charge in [-0.05, 0) is 26.0 Å². The Balaban J connectivity index is 1.45. The third-order valence-electron chi connectivity index (χ3n) is 5.08. The predicted molar refractivity (Wildman–Crippen MR) is 112 cm³/mol. The van der Waals surface area contributed by atoms with E-state index in [1.807, 2.05) is 67.3 Å². The summed E-state index contributed by atoms with van der Waals surface area (Å²) in [5.74, 6) is 1.02. The van der Waals surface area contributed by atoms with Crippen molar-refractivity contribution >= 4 is 11.7 Å². The van der Waals surface area contributed by atoms with Crippen molar-refractivity contribution in [1.82, 2.24) is 14.9 Å². The molecule has 0 unspecified atom stereocenters. The van der Waals surface area contributed by atoms with E-state index in [4.69, 9.17) is 0 Å². The third-order valence-corrected chi connectivity index (χ3v) is 5.08. The number of benzene rings is 2. The monoisotopic (exact) mass is 372 g/mol. The summed E-state index contributed by atoms with van der Waals surface area (Å²) >= 11 is 0. The van der Waals surface area contributed by atoms with Crippen LogP contribution in [0.4, 0.5) is 5.82 Å². The van der Waals surface area contributed by atoms with Crippen molar-refractivity contribution in [3.63, 3.8) is 0 Å². The number of carbonyl (C=O) groups is 1. The standard InChI is InChI=1S/C23H24N4O/c1-17-12-18(2)14-20(13-17)23(28)27-10-8-26(9-11-27)22-15-21(24-16-25-22)19-6-4-3-5-7-19/h3-7,12-16H,8-11H2,1-2H3. The molecule has 1 saturated heterocycles. The van der Waals surface area contributed by atoms with Gasteiger partial charge in [0.25, 0.3) is 5.91 Å². The predicted octanol–water partition coefficient (Wildman–Crippen LogP) is 3.72. The van der Waals surface area contributed by atoms with E-state index in [1.165, 1.54) is 0 Å². The van der Waals surface area contributed by atoms with E-state index in [0.29, 0.717) is 13.1 Å². The van der Waals surface area contributed by atoms with Gasteiger partial charge in [-0.2, -0.15) is 0 Å². The molecule has 0 saturated carbocycles. The van der Waals surface area contributed by atoms with Crippen LogP contribution in [-0.4, -0.2) is 47.0 Å². The molecule has 0 aliphatic carbocycles. The fourth-order valence-electron chi connectivity index (χ4n) is 3.71. The average molecular weight is 372 g/mol. The van der Waals surface area contributed by atoms with Gasteiger partial charge in [-0.15, -0.1) is 0 Å². The Labute approximate surface area is 165 Å². The number of hydrogen-bond acceptors (Lipinski definition) is 4. The zero-order chi connectivity index (χ0) is 19.5. The zero-order valence-corrected chi connectivity index (χ0v) is 16.3. The quantitative estimate of drug-likeness (QED) is 0.703. The SMILES string of the molecule is Cc1cc(C)cc(C(=O)N2CCN(c3cc(-c4ccccc4)ncn3)CC2)c1. The maximum atomic E-state index is 12.9. The van der Waals surface area contributed by atoms with Crippen molar-refractivity contribution in [3.05, 3.63) is 77.6 Å². The number of rotatable bonds is 3. The number of anilines is 1. The molecule has 4 rings (SSSR count). The summed E-state index contributed by atoms with van der Waals surface area (Å²) in [5, 5.41) is 0. The van der Waals surface area contributed by atoms with E-state index < -0.39 is 0 Å². The number of amides is 1. The van der Waals surface area contributed by atoms with E-state index in [9.17, 15) is 4.79 Å². The van der Waals surface area contributed by atoms with Gasteiger partial charge < -0.3 is 9.80 Å². The normalized spacial score (nSPS) is 14.2. The smallest absolute Gasteiger partial charge is 0.253 e. The summed E-state index contributed by atoms with van der Waals surface area (Å²) in [5.41, 5.74) is 5.02. The van der Waals surface area contributed by atoms with Crippen LogP contribution in [0.3, 0.4) is 0 Å². The van der Waals surface area contributed by atoms with E-state index in [-0.39, 0.29) is 5.91 Å². The Morgan fingerprint density at radius 3 is 2.21 bits per heavy atom. The van der Waals surface area contributed by atoms with Crippen LogP contribution < -0.4 is 4.90 Å².